The van der Waals surface area contributed by atoms with Crippen molar-refractivity contribution in [1.82, 2.24) is 42.5 Å². The molecule has 0 saturated carbocycles. The third-order valence-electron chi connectivity index (χ3n) is 11.4. The van der Waals surface area contributed by atoms with Gasteiger partial charge in [0.15, 0.2) is 0 Å². The number of primary amides is 2. The molecule has 418 valence electrons. The summed E-state index contributed by atoms with van der Waals surface area (Å²) in [6.45, 7) is 4.78. The van der Waals surface area contributed by atoms with E-state index in [9.17, 15) is 78.0 Å². The molecule has 0 saturated heterocycles. The van der Waals surface area contributed by atoms with Crippen molar-refractivity contribution in [3.05, 3.63) is 65.7 Å². The summed E-state index contributed by atoms with van der Waals surface area (Å²) < 4.78 is 0. The van der Waals surface area contributed by atoms with Crippen LogP contribution >= 0.6 is 0 Å². The average Bonchev–Trinajstić information content (AvgIpc) is 3.34. The predicted molar refractivity (Wildman–Crippen MR) is 269 cm³/mol. The van der Waals surface area contributed by atoms with E-state index >= 15 is 0 Å². The van der Waals surface area contributed by atoms with E-state index in [2.05, 4.69) is 42.5 Å². The van der Waals surface area contributed by atoms with Gasteiger partial charge in [0.25, 0.3) is 0 Å². The second-order valence-electron chi connectivity index (χ2n) is 18.6. The molecule has 0 unspecified atom stereocenters. The molecule has 0 aliphatic heterocycles. The predicted octanol–water partition coefficient (Wildman–Crippen LogP) is -3.81. The number of phenolic OH excluding ortho intramolecular Hbond substituents is 1. The van der Waals surface area contributed by atoms with E-state index in [1.54, 1.807) is 44.2 Å². The molecule has 27 heteroatoms. The van der Waals surface area contributed by atoms with E-state index < -0.39 is 177 Å². The number of carboxylic acid groups (broad SMARTS) is 2. The Hall–Kier alpha value is -8.20. The van der Waals surface area contributed by atoms with Crippen molar-refractivity contribution in [1.29, 1.82) is 0 Å². The molecular weight excluding hydrogens is 999 g/mol. The summed E-state index contributed by atoms with van der Waals surface area (Å²) in [5.41, 5.74) is 17.9. The molecule has 0 fully saturated rings. The number of aromatic hydroxyl groups is 1. The zero-order chi connectivity index (χ0) is 57.2. The molecule has 0 radical (unpaired) electrons. The number of phenols is 1. The second kappa shape index (κ2) is 32.2. The van der Waals surface area contributed by atoms with Crippen molar-refractivity contribution in [2.45, 2.75) is 134 Å². The zero-order valence-electron chi connectivity index (χ0n) is 42.7. The molecule has 0 heterocycles. The Balaban J connectivity index is 2.37. The third-order valence-corrected chi connectivity index (χ3v) is 11.4. The highest BCUT2D eigenvalue weighted by Gasteiger charge is 2.35. The lowest BCUT2D eigenvalue weighted by Crippen LogP contribution is -2.60. The minimum atomic E-state index is -1.76. The van der Waals surface area contributed by atoms with Crippen molar-refractivity contribution < 1.29 is 78.0 Å². The van der Waals surface area contributed by atoms with E-state index in [1.807, 2.05) is 0 Å². The first-order chi connectivity index (χ1) is 35.7. The first-order valence-corrected chi connectivity index (χ1v) is 24.3. The van der Waals surface area contributed by atoms with E-state index in [-0.39, 0.29) is 30.9 Å². The molecule has 76 heavy (non-hydrogen) atoms. The van der Waals surface area contributed by atoms with Gasteiger partial charge in [-0.2, -0.15) is 0 Å². The van der Waals surface area contributed by atoms with Crippen LogP contribution in [0.4, 0.5) is 0 Å². The summed E-state index contributed by atoms with van der Waals surface area (Å²) in [7, 11) is 0. The first-order valence-electron chi connectivity index (χ1n) is 24.3. The molecule has 8 atom stereocenters. The van der Waals surface area contributed by atoms with Crippen LogP contribution < -0.4 is 59.7 Å². The Morgan fingerprint density at radius 3 is 1.43 bits per heavy atom. The van der Waals surface area contributed by atoms with Crippen LogP contribution in [0, 0.1) is 11.8 Å². The van der Waals surface area contributed by atoms with Crippen molar-refractivity contribution >= 4 is 71.0 Å². The number of rotatable bonds is 34. The number of aliphatic hydroxyl groups excluding tert-OH is 1. The second-order valence-corrected chi connectivity index (χ2v) is 18.6. The van der Waals surface area contributed by atoms with E-state index in [0.717, 1.165) is 5.56 Å². The van der Waals surface area contributed by atoms with Gasteiger partial charge < -0.3 is 80.2 Å². The van der Waals surface area contributed by atoms with E-state index in [1.165, 1.54) is 38.1 Å². The average molecular weight is 1070 g/mol. The first kappa shape index (κ1) is 63.9. The number of nitrogens with two attached hydrogens (primary N) is 3. The highest BCUT2D eigenvalue weighted by atomic mass is 16.4. The lowest BCUT2D eigenvalue weighted by Gasteiger charge is -2.27. The lowest BCUT2D eigenvalue weighted by molar-refractivity contribution is -0.144. The Kier molecular flexibility index (Phi) is 27.1. The molecule has 0 bridgehead atoms. The Labute approximate surface area is 438 Å². The fraction of sp³-hybridized carbons (Fsp3) is 0.510. The number of carbonyl (C=O) groups excluding carboxylic acids is 10. The maximum atomic E-state index is 14.1. The number of hydrogen-bond acceptors (Lipinski definition) is 15. The Morgan fingerprint density at radius 2 is 0.961 bits per heavy atom. The maximum Gasteiger partial charge on any atom is 0.326 e. The van der Waals surface area contributed by atoms with E-state index in [4.69, 9.17) is 17.2 Å². The largest absolute Gasteiger partial charge is 0.508 e. The van der Waals surface area contributed by atoms with Gasteiger partial charge in [-0.3, -0.25) is 52.7 Å². The van der Waals surface area contributed by atoms with Crippen LogP contribution in [-0.4, -0.2) is 153 Å². The SMILES string of the molecule is CC(C)C[C@H](NC(=O)[C@@H](N)Cc1ccccc1)C(=O)NCC(=O)N[C@@H](CCC(=O)O)C(=O)N[C@@H](CCC(N)=O)C(=O)N[C@@H](CCC(N)=O)C(=O)N[C@@H](Cc1ccc(O)cc1)C(=O)N[C@@H](CO)C(=O)N[C@H](C(=O)O)C(C)C. The topological polar surface area (TPSA) is 460 Å². The number of nitrogens with one attached hydrogen (secondary N) is 8. The molecule has 2 aromatic carbocycles. The van der Waals surface area contributed by atoms with Crippen LogP contribution in [0.25, 0.3) is 0 Å². The summed E-state index contributed by atoms with van der Waals surface area (Å²) in [4.78, 5) is 156. The molecule has 27 nitrogen and oxygen atoms in total. The van der Waals surface area contributed by atoms with Crippen LogP contribution in [0.1, 0.15) is 83.8 Å². The standard InChI is InChI=1S/C49H71N11O16/c1-25(2)20-34(57-42(68)30(50)21-27-8-6-5-7-9-27)43(69)53-23-39(65)54-31(16-19-40(66)67)44(70)55-32(14-17-37(51)63)45(71)56-33(15-18-38(52)64)46(72)58-35(22-28-10-12-29(62)13-11-28)47(73)59-36(24-61)48(74)60-41(26(3)4)49(75)76/h5-13,25-26,30-36,41,61-62H,14-24,50H2,1-4H3,(H2,51,63)(H2,52,64)(H,53,69)(H,54,65)(H,55,70)(H,56,71)(H,57,68)(H,58,72)(H,59,73)(H,60,74)(H,66,67)(H,75,76)/t30-,31-,32-,33-,34-,35-,36-,41-/m0/s1. The van der Waals surface area contributed by atoms with Gasteiger partial charge in [-0.1, -0.05) is 70.2 Å². The quantitative estimate of drug-likeness (QED) is 0.0319. The van der Waals surface area contributed by atoms with Crippen LogP contribution in [0.5, 0.6) is 5.75 Å². The third kappa shape index (κ3) is 23.8. The maximum absolute atomic E-state index is 14.1. The summed E-state index contributed by atoms with van der Waals surface area (Å²) in [6.07, 6.45) is -3.50. The van der Waals surface area contributed by atoms with Gasteiger partial charge in [0.1, 0.15) is 48.0 Å². The van der Waals surface area contributed by atoms with Crippen LogP contribution in [0.2, 0.25) is 0 Å². The number of carboxylic acids is 2. The number of hydrogen-bond donors (Lipinski definition) is 15. The summed E-state index contributed by atoms with van der Waals surface area (Å²) in [6, 6.07) is 1.99. The Bertz CT molecular complexity index is 2350. The molecule has 2 rings (SSSR count). The Morgan fingerprint density at radius 1 is 0.513 bits per heavy atom. The van der Waals surface area contributed by atoms with Crippen LogP contribution in [0.15, 0.2) is 54.6 Å². The minimum Gasteiger partial charge on any atom is -0.508 e. The van der Waals surface area contributed by atoms with E-state index in [0.29, 0.717) is 5.56 Å². The molecule has 10 amide bonds. The lowest BCUT2D eigenvalue weighted by atomic mass is 10.0. The van der Waals surface area contributed by atoms with Gasteiger partial charge in [0.05, 0.1) is 19.2 Å². The van der Waals surface area contributed by atoms with Gasteiger partial charge in [0, 0.05) is 25.7 Å². The van der Waals surface area contributed by atoms with Gasteiger partial charge in [-0.05, 0) is 67.2 Å². The number of aliphatic carboxylic acids is 2. The number of carbonyl (C=O) groups is 12. The van der Waals surface area contributed by atoms with Gasteiger partial charge in [0.2, 0.25) is 59.1 Å². The van der Waals surface area contributed by atoms with Crippen molar-refractivity contribution in [2.75, 3.05) is 13.2 Å². The molecule has 0 aromatic heterocycles. The molecule has 0 aliphatic rings. The summed E-state index contributed by atoms with van der Waals surface area (Å²) >= 11 is 0. The van der Waals surface area contributed by atoms with Gasteiger partial charge in [-0.15, -0.1) is 0 Å². The molecule has 0 spiro atoms. The molecule has 0 aliphatic carbocycles. The number of amides is 10. The number of aliphatic hydroxyl groups is 1. The van der Waals surface area contributed by atoms with Crippen molar-refractivity contribution in [2.24, 2.45) is 29.0 Å². The van der Waals surface area contributed by atoms with Gasteiger partial charge >= 0.3 is 11.9 Å². The minimum absolute atomic E-state index is 0.120. The van der Waals surface area contributed by atoms with Crippen LogP contribution in [-0.2, 0) is 70.4 Å². The number of benzene rings is 2. The highest BCUT2D eigenvalue weighted by molar-refractivity contribution is 5.98. The monoisotopic (exact) mass is 1070 g/mol. The normalized spacial score (nSPS) is 14.2. The van der Waals surface area contributed by atoms with Crippen molar-refractivity contribution in [3.63, 3.8) is 0 Å². The van der Waals surface area contributed by atoms with Crippen LogP contribution in [0.3, 0.4) is 0 Å². The zero-order valence-corrected chi connectivity index (χ0v) is 42.7. The van der Waals surface area contributed by atoms with Gasteiger partial charge in [-0.25, -0.2) is 4.79 Å². The summed E-state index contributed by atoms with van der Waals surface area (Å²) in [5, 5.41) is 57.7. The summed E-state index contributed by atoms with van der Waals surface area (Å²) in [5.74, 6) is -13.7. The molecule has 2 aromatic rings. The fourth-order valence-corrected chi connectivity index (χ4v) is 7.25. The molecular formula is C49H71N11O16. The fourth-order valence-electron chi connectivity index (χ4n) is 7.25. The van der Waals surface area contributed by atoms with Crippen molar-refractivity contribution in [3.8, 4) is 5.75 Å². The molecule has 18 N–H and O–H groups in total. The highest BCUT2D eigenvalue weighted by Crippen LogP contribution is 2.14. The smallest absolute Gasteiger partial charge is 0.326 e.